The molecule has 30 heavy (non-hydrogen) atoms. The third-order valence-corrected chi connectivity index (χ3v) is 4.62. The topological polar surface area (TPSA) is 110 Å². The highest BCUT2D eigenvalue weighted by molar-refractivity contribution is 5.85. The van der Waals surface area contributed by atoms with E-state index in [0.29, 0.717) is 5.56 Å². The summed E-state index contributed by atoms with van der Waals surface area (Å²) in [7, 11) is 0. The van der Waals surface area contributed by atoms with Crippen LogP contribution in [-0.4, -0.2) is 27.9 Å². The summed E-state index contributed by atoms with van der Waals surface area (Å²) in [6.07, 6.45) is -0.0104. The number of amides is 1. The molecule has 3 aromatic carbocycles. The van der Waals surface area contributed by atoms with Gasteiger partial charge < -0.3 is 10.4 Å². The normalized spacial score (nSPS) is 11.5. The Morgan fingerprint density at radius 3 is 2.20 bits per heavy atom. The number of nitrogens with zero attached hydrogens (tertiary/aromatic N) is 1. The molecule has 1 atom stereocenters. The van der Waals surface area contributed by atoms with E-state index in [1.54, 1.807) is 6.07 Å². The molecule has 0 aromatic heterocycles. The first-order chi connectivity index (χ1) is 14.4. The highest BCUT2D eigenvalue weighted by Gasteiger charge is 2.21. The van der Waals surface area contributed by atoms with Gasteiger partial charge in [-0.05, 0) is 22.3 Å². The first kappa shape index (κ1) is 20.7. The van der Waals surface area contributed by atoms with Crippen LogP contribution in [0.25, 0.3) is 11.1 Å². The van der Waals surface area contributed by atoms with E-state index in [-0.39, 0.29) is 18.5 Å². The lowest BCUT2D eigenvalue weighted by Gasteiger charge is -2.15. The minimum atomic E-state index is -1.14. The van der Waals surface area contributed by atoms with Crippen molar-refractivity contribution < 1.29 is 19.6 Å². The number of carbonyl (C=O) groups excluding carboxylic acids is 1. The minimum Gasteiger partial charge on any atom is -0.480 e. The van der Waals surface area contributed by atoms with Crippen LogP contribution in [0.2, 0.25) is 0 Å². The smallest absolute Gasteiger partial charge is 0.326 e. The maximum absolute atomic E-state index is 12.3. The fourth-order valence-electron chi connectivity index (χ4n) is 3.11. The average molecular weight is 404 g/mol. The Bertz CT molecular complexity index is 1050. The van der Waals surface area contributed by atoms with Gasteiger partial charge >= 0.3 is 5.97 Å². The van der Waals surface area contributed by atoms with Crippen LogP contribution in [0.5, 0.6) is 0 Å². The summed E-state index contributed by atoms with van der Waals surface area (Å²) in [4.78, 5) is 34.2. The largest absolute Gasteiger partial charge is 0.480 e. The van der Waals surface area contributed by atoms with Crippen LogP contribution in [0.1, 0.15) is 11.1 Å². The lowest BCUT2D eigenvalue weighted by Crippen LogP contribution is -2.43. The molecular formula is C23H20N2O5. The predicted octanol–water partition coefficient (Wildman–Crippen LogP) is 3.62. The zero-order valence-electron chi connectivity index (χ0n) is 16.0. The van der Waals surface area contributed by atoms with Crippen LogP contribution in [0.3, 0.4) is 0 Å². The van der Waals surface area contributed by atoms with Crippen molar-refractivity contribution in [3.8, 4) is 11.1 Å². The number of carboxylic acids is 1. The number of rotatable bonds is 8. The number of aliphatic carboxylic acids is 1. The molecule has 0 aliphatic carbocycles. The Kier molecular flexibility index (Phi) is 6.54. The number of nitro groups is 1. The number of carbonyl (C=O) groups is 2. The van der Waals surface area contributed by atoms with E-state index >= 15 is 0 Å². The second-order valence-corrected chi connectivity index (χ2v) is 6.83. The second kappa shape index (κ2) is 9.47. The maximum Gasteiger partial charge on any atom is 0.326 e. The van der Waals surface area contributed by atoms with E-state index in [0.717, 1.165) is 16.7 Å². The molecule has 0 aliphatic rings. The van der Waals surface area contributed by atoms with Gasteiger partial charge in [-0.3, -0.25) is 14.9 Å². The van der Waals surface area contributed by atoms with Crippen molar-refractivity contribution in [1.82, 2.24) is 5.32 Å². The summed E-state index contributed by atoms with van der Waals surface area (Å²) in [5.74, 6) is -1.65. The molecule has 0 unspecified atom stereocenters. The molecule has 0 bridgehead atoms. The molecule has 0 heterocycles. The third kappa shape index (κ3) is 5.51. The van der Waals surface area contributed by atoms with E-state index in [4.69, 9.17) is 0 Å². The van der Waals surface area contributed by atoms with Gasteiger partial charge in [-0.1, -0.05) is 66.7 Å². The fourth-order valence-corrected chi connectivity index (χ4v) is 3.11. The van der Waals surface area contributed by atoms with E-state index in [9.17, 15) is 24.8 Å². The Balaban J connectivity index is 1.64. The summed E-state index contributed by atoms with van der Waals surface area (Å²) in [6, 6.07) is 21.9. The van der Waals surface area contributed by atoms with Gasteiger partial charge in [-0.25, -0.2) is 4.79 Å². The Morgan fingerprint density at radius 2 is 1.57 bits per heavy atom. The molecule has 0 fully saturated rings. The van der Waals surface area contributed by atoms with Gasteiger partial charge in [0, 0.05) is 18.6 Å². The monoisotopic (exact) mass is 404 g/mol. The second-order valence-electron chi connectivity index (χ2n) is 6.83. The van der Waals surface area contributed by atoms with Gasteiger partial charge in [0.05, 0.1) is 11.3 Å². The van der Waals surface area contributed by atoms with E-state index < -0.39 is 22.8 Å². The molecule has 1 amide bonds. The molecule has 152 valence electrons. The van der Waals surface area contributed by atoms with Crippen LogP contribution in [0, 0.1) is 10.1 Å². The fraction of sp³-hybridized carbons (Fsp3) is 0.130. The number of hydrogen-bond acceptors (Lipinski definition) is 4. The quantitative estimate of drug-likeness (QED) is 0.440. The SMILES string of the molecule is O=C(Cc1cccc([N+](=O)[O-])c1)N[C@H](Cc1ccc(-c2ccccc2)cc1)C(=O)O. The number of benzene rings is 3. The minimum absolute atomic E-state index is 0.117. The molecule has 0 spiro atoms. The molecule has 0 aliphatic heterocycles. The molecular weight excluding hydrogens is 384 g/mol. The van der Waals surface area contributed by atoms with Gasteiger partial charge in [-0.15, -0.1) is 0 Å². The van der Waals surface area contributed by atoms with Gasteiger partial charge in [-0.2, -0.15) is 0 Å². The summed E-state index contributed by atoms with van der Waals surface area (Å²) in [5.41, 5.74) is 3.18. The molecule has 0 saturated carbocycles. The zero-order chi connectivity index (χ0) is 21.5. The predicted molar refractivity (Wildman–Crippen MR) is 112 cm³/mol. The molecule has 3 rings (SSSR count). The zero-order valence-corrected chi connectivity index (χ0v) is 16.0. The van der Waals surface area contributed by atoms with E-state index in [2.05, 4.69) is 5.32 Å². The van der Waals surface area contributed by atoms with Crippen LogP contribution >= 0.6 is 0 Å². The standard InChI is InChI=1S/C23H20N2O5/c26-22(15-17-5-4-8-20(13-17)25(29)30)24-21(23(27)28)14-16-9-11-19(12-10-16)18-6-2-1-3-7-18/h1-13,21H,14-15H2,(H,24,26)(H,27,28)/t21-/m1/s1. The number of non-ortho nitro benzene ring substituents is 1. The Morgan fingerprint density at radius 1 is 0.900 bits per heavy atom. The van der Waals surface area contributed by atoms with Crippen molar-refractivity contribution >= 4 is 17.6 Å². The van der Waals surface area contributed by atoms with Crippen molar-refractivity contribution in [2.75, 3.05) is 0 Å². The van der Waals surface area contributed by atoms with E-state index in [1.165, 1.54) is 18.2 Å². The molecule has 2 N–H and O–H groups in total. The highest BCUT2D eigenvalue weighted by Crippen LogP contribution is 2.20. The maximum atomic E-state index is 12.3. The highest BCUT2D eigenvalue weighted by atomic mass is 16.6. The summed E-state index contributed by atoms with van der Waals surface area (Å²) in [6.45, 7) is 0. The lowest BCUT2D eigenvalue weighted by molar-refractivity contribution is -0.384. The number of carboxylic acid groups (broad SMARTS) is 1. The van der Waals surface area contributed by atoms with Crippen LogP contribution < -0.4 is 5.32 Å². The first-order valence-corrected chi connectivity index (χ1v) is 9.32. The van der Waals surface area contributed by atoms with Gasteiger partial charge in [0.1, 0.15) is 6.04 Å². The van der Waals surface area contributed by atoms with Crippen LogP contribution in [0.15, 0.2) is 78.9 Å². The van der Waals surface area contributed by atoms with E-state index in [1.807, 2.05) is 54.6 Å². The summed E-state index contributed by atoms with van der Waals surface area (Å²) in [5, 5.41) is 22.8. The van der Waals surface area contributed by atoms with Crippen molar-refractivity contribution in [2.24, 2.45) is 0 Å². The molecule has 7 heteroatoms. The molecule has 7 nitrogen and oxygen atoms in total. The van der Waals surface area contributed by atoms with Crippen molar-refractivity contribution in [3.05, 3.63) is 100 Å². The van der Waals surface area contributed by atoms with Crippen molar-refractivity contribution in [1.29, 1.82) is 0 Å². The number of hydrogen-bond donors (Lipinski definition) is 2. The molecule has 3 aromatic rings. The average Bonchev–Trinajstić information content (AvgIpc) is 2.74. The van der Waals surface area contributed by atoms with Crippen LogP contribution in [-0.2, 0) is 22.4 Å². The van der Waals surface area contributed by atoms with Crippen molar-refractivity contribution in [2.45, 2.75) is 18.9 Å². The van der Waals surface area contributed by atoms with Gasteiger partial charge in [0.2, 0.25) is 5.91 Å². The third-order valence-electron chi connectivity index (χ3n) is 4.62. The van der Waals surface area contributed by atoms with Crippen LogP contribution in [0.4, 0.5) is 5.69 Å². The first-order valence-electron chi connectivity index (χ1n) is 9.32. The van der Waals surface area contributed by atoms with Crippen molar-refractivity contribution in [3.63, 3.8) is 0 Å². The molecule has 0 radical (unpaired) electrons. The number of nitro benzene ring substituents is 1. The summed E-state index contributed by atoms with van der Waals surface area (Å²) < 4.78 is 0. The van der Waals surface area contributed by atoms with Gasteiger partial charge in [0.25, 0.3) is 5.69 Å². The molecule has 0 saturated heterocycles. The lowest BCUT2D eigenvalue weighted by atomic mass is 10.0. The number of nitrogens with one attached hydrogen (secondary N) is 1. The Hall–Kier alpha value is -4.00. The summed E-state index contributed by atoms with van der Waals surface area (Å²) >= 11 is 0. The Labute approximate surface area is 173 Å². The van der Waals surface area contributed by atoms with Gasteiger partial charge in [0.15, 0.2) is 0 Å².